The summed E-state index contributed by atoms with van der Waals surface area (Å²) in [6, 6.07) is 0. The van der Waals surface area contributed by atoms with Gasteiger partial charge in [-0.3, -0.25) is 9.59 Å². The minimum absolute atomic E-state index is 0.0741. The Morgan fingerprint density at radius 3 is 2.50 bits per heavy atom. The van der Waals surface area contributed by atoms with E-state index in [2.05, 4.69) is 5.32 Å². The van der Waals surface area contributed by atoms with Crippen molar-refractivity contribution >= 4 is 11.9 Å². The second-order valence-corrected chi connectivity index (χ2v) is 3.83. The summed E-state index contributed by atoms with van der Waals surface area (Å²) >= 11 is 0. The van der Waals surface area contributed by atoms with E-state index in [-0.39, 0.29) is 18.7 Å². The summed E-state index contributed by atoms with van der Waals surface area (Å²) in [5.41, 5.74) is 0. The lowest BCUT2D eigenvalue weighted by Gasteiger charge is -2.25. The predicted molar refractivity (Wildman–Crippen MR) is 51.8 cm³/mol. The van der Waals surface area contributed by atoms with Gasteiger partial charge in [-0.05, 0) is 12.3 Å². The first-order valence-corrected chi connectivity index (χ1v) is 5.17. The molecule has 1 rings (SSSR count). The van der Waals surface area contributed by atoms with Gasteiger partial charge in [-0.15, -0.1) is 0 Å². The molecule has 0 atom stereocenters. The number of carbonyl (C=O) groups is 2. The monoisotopic (exact) mass is 199 g/mol. The van der Waals surface area contributed by atoms with Crippen LogP contribution >= 0.6 is 0 Å². The number of carboxylic acids is 1. The number of rotatable bonds is 6. The lowest BCUT2D eigenvalue weighted by atomic mass is 9.83. The van der Waals surface area contributed by atoms with Crippen LogP contribution in [-0.2, 0) is 9.59 Å². The lowest BCUT2D eigenvalue weighted by molar-refractivity contribution is -0.138. The van der Waals surface area contributed by atoms with E-state index in [0.717, 1.165) is 12.3 Å². The molecule has 4 heteroatoms. The van der Waals surface area contributed by atoms with Gasteiger partial charge in [0.1, 0.15) is 0 Å². The van der Waals surface area contributed by atoms with E-state index < -0.39 is 5.97 Å². The van der Waals surface area contributed by atoms with E-state index in [0.29, 0.717) is 6.54 Å². The molecular formula is C10H17NO3. The number of amides is 1. The topological polar surface area (TPSA) is 66.4 Å². The van der Waals surface area contributed by atoms with Crippen LogP contribution in [0.15, 0.2) is 0 Å². The molecule has 4 nitrogen and oxygen atoms in total. The summed E-state index contributed by atoms with van der Waals surface area (Å²) in [5, 5.41) is 11.1. The van der Waals surface area contributed by atoms with Crippen molar-refractivity contribution in [2.75, 3.05) is 6.54 Å². The van der Waals surface area contributed by atoms with Crippen molar-refractivity contribution in [3.05, 3.63) is 0 Å². The Kier molecular flexibility index (Phi) is 4.43. The van der Waals surface area contributed by atoms with Gasteiger partial charge in [-0.2, -0.15) is 0 Å². The molecule has 1 aliphatic rings. The first-order chi connectivity index (χ1) is 6.68. The number of aliphatic carboxylic acids is 1. The number of hydrogen-bond donors (Lipinski definition) is 2. The molecule has 0 aromatic carbocycles. The van der Waals surface area contributed by atoms with Crippen LogP contribution in [0.3, 0.4) is 0 Å². The van der Waals surface area contributed by atoms with Crippen molar-refractivity contribution in [1.29, 1.82) is 0 Å². The van der Waals surface area contributed by atoms with Gasteiger partial charge in [0.15, 0.2) is 0 Å². The number of carboxylic acid groups (broad SMARTS) is 1. The zero-order valence-corrected chi connectivity index (χ0v) is 8.29. The van der Waals surface area contributed by atoms with Crippen molar-refractivity contribution < 1.29 is 14.7 Å². The average Bonchev–Trinajstić information content (AvgIpc) is 2.06. The van der Waals surface area contributed by atoms with Gasteiger partial charge in [0, 0.05) is 13.0 Å². The van der Waals surface area contributed by atoms with Gasteiger partial charge in [-0.25, -0.2) is 0 Å². The highest BCUT2D eigenvalue weighted by molar-refractivity contribution is 5.80. The predicted octanol–water partition coefficient (Wildman–Crippen LogP) is 1.16. The molecular weight excluding hydrogens is 182 g/mol. The maximum atomic E-state index is 11.1. The van der Waals surface area contributed by atoms with Crippen LogP contribution in [0.25, 0.3) is 0 Å². The standard InChI is InChI=1S/C10H17NO3/c12-9(4-5-10(13)14)11-7-6-8-2-1-3-8/h8H,1-7H2,(H,11,12)(H,13,14). The van der Waals surface area contributed by atoms with Crippen LogP contribution in [0.5, 0.6) is 0 Å². The van der Waals surface area contributed by atoms with E-state index in [1.165, 1.54) is 19.3 Å². The molecule has 0 unspecified atom stereocenters. The summed E-state index contributed by atoms with van der Waals surface area (Å²) in [6.07, 6.45) is 4.95. The maximum absolute atomic E-state index is 11.1. The highest BCUT2D eigenvalue weighted by Crippen LogP contribution is 2.28. The molecule has 2 N–H and O–H groups in total. The molecule has 1 aliphatic carbocycles. The summed E-state index contributed by atoms with van der Waals surface area (Å²) in [5.74, 6) is -0.277. The fraction of sp³-hybridized carbons (Fsp3) is 0.800. The Hall–Kier alpha value is -1.06. The van der Waals surface area contributed by atoms with Gasteiger partial charge >= 0.3 is 5.97 Å². The fourth-order valence-electron chi connectivity index (χ4n) is 1.51. The Morgan fingerprint density at radius 1 is 1.29 bits per heavy atom. The van der Waals surface area contributed by atoms with E-state index in [1.54, 1.807) is 0 Å². The van der Waals surface area contributed by atoms with Gasteiger partial charge in [0.25, 0.3) is 0 Å². The molecule has 0 radical (unpaired) electrons. The first-order valence-electron chi connectivity index (χ1n) is 5.17. The van der Waals surface area contributed by atoms with Crippen molar-refractivity contribution in [3.8, 4) is 0 Å². The molecule has 80 valence electrons. The highest BCUT2D eigenvalue weighted by atomic mass is 16.4. The van der Waals surface area contributed by atoms with Crippen molar-refractivity contribution in [2.24, 2.45) is 5.92 Å². The Bertz CT molecular complexity index is 211. The van der Waals surface area contributed by atoms with E-state index in [4.69, 9.17) is 5.11 Å². The Balaban J connectivity index is 1.94. The van der Waals surface area contributed by atoms with Crippen LogP contribution in [0, 0.1) is 5.92 Å². The molecule has 1 fully saturated rings. The summed E-state index contributed by atoms with van der Waals surface area (Å²) in [4.78, 5) is 21.2. The minimum Gasteiger partial charge on any atom is -0.481 e. The van der Waals surface area contributed by atoms with Crippen molar-refractivity contribution in [2.45, 2.75) is 38.5 Å². The summed E-state index contributed by atoms with van der Waals surface area (Å²) < 4.78 is 0. The third-order valence-corrected chi connectivity index (χ3v) is 2.67. The number of nitrogens with one attached hydrogen (secondary N) is 1. The fourth-order valence-corrected chi connectivity index (χ4v) is 1.51. The van der Waals surface area contributed by atoms with Crippen LogP contribution in [0.2, 0.25) is 0 Å². The van der Waals surface area contributed by atoms with Crippen LogP contribution in [0.1, 0.15) is 38.5 Å². The summed E-state index contributed by atoms with van der Waals surface area (Å²) in [6.45, 7) is 0.698. The highest BCUT2D eigenvalue weighted by Gasteiger charge is 2.16. The van der Waals surface area contributed by atoms with Gasteiger partial charge in [0.05, 0.1) is 6.42 Å². The zero-order valence-electron chi connectivity index (χ0n) is 8.29. The molecule has 1 saturated carbocycles. The second kappa shape index (κ2) is 5.62. The van der Waals surface area contributed by atoms with Gasteiger partial charge in [0.2, 0.25) is 5.91 Å². The second-order valence-electron chi connectivity index (χ2n) is 3.83. The van der Waals surface area contributed by atoms with Crippen LogP contribution in [0.4, 0.5) is 0 Å². The molecule has 0 aromatic rings. The molecule has 0 spiro atoms. The number of carbonyl (C=O) groups excluding carboxylic acids is 1. The minimum atomic E-state index is -0.917. The smallest absolute Gasteiger partial charge is 0.303 e. The lowest BCUT2D eigenvalue weighted by Crippen LogP contribution is -2.27. The summed E-state index contributed by atoms with van der Waals surface area (Å²) in [7, 11) is 0. The molecule has 0 bridgehead atoms. The van der Waals surface area contributed by atoms with Crippen molar-refractivity contribution in [1.82, 2.24) is 5.32 Å². The van der Waals surface area contributed by atoms with Crippen molar-refractivity contribution in [3.63, 3.8) is 0 Å². The maximum Gasteiger partial charge on any atom is 0.303 e. The van der Waals surface area contributed by atoms with Gasteiger partial charge in [-0.1, -0.05) is 19.3 Å². The third kappa shape index (κ3) is 4.25. The molecule has 0 heterocycles. The Labute approximate surface area is 83.7 Å². The largest absolute Gasteiger partial charge is 0.481 e. The van der Waals surface area contributed by atoms with Crippen LogP contribution < -0.4 is 5.32 Å². The van der Waals surface area contributed by atoms with E-state index >= 15 is 0 Å². The number of hydrogen-bond acceptors (Lipinski definition) is 2. The molecule has 0 saturated heterocycles. The first kappa shape index (κ1) is 11.0. The molecule has 0 aliphatic heterocycles. The SMILES string of the molecule is O=C(O)CCC(=O)NCCC1CCC1. The normalized spacial score (nSPS) is 16.0. The average molecular weight is 199 g/mol. The van der Waals surface area contributed by atoms with E-state index in [9.17, 15) is 9.59 Å². The third-order valence-electron chi connectivity index (χ3n) is 2.67. The van der Waals surface area contributed by atoms with Gasteiger partial charge < -0.3 is 10.4 Å². The zero-order chi connectivity index (χ0) is 10.4. The molecule has 1 amide bonds. The van der Waals surface area contributed by atoms with E-state index in [1.807, 2.05) is 0 Å². The molecule has 14 heavy (non-hydrogen) atoms. The quantitative estimate of drug-likeness (QED) is 0.674. The Morgan fingerprint density at radius 2 is 2.00 bits per heavy atom. The van der Waals surface area contributed by atoms with Crippen LogP contribution in [-0.4, -0.2) is 23.5 Å². The molecule has 0 aromatic heterocycles.